The summed E-state index contributed by atoms with van der Waals surface area (Å²) in [6, 6.07) is 13.0. The molecule has 1 aliphatic heterocycles. The van der Waals surface area contributed by atoms with Gasteiger partial charge in [-0.25, -0.2) is 4.68 Å². The summed E-state index contributed by atoms with van der Waals surface area (Å²) >= 11 is 7.58. The lowest BCUT2D eigenvalue weighted by Gasteiger charge is -2.30. The molecule has 1 fully saturated rings. The zero-order chi connectivity index (χ0) is 19.7. The van der Waals surface area contributed by atoms with Crippen molar-refractivity contribution in [2.45, 2.75) is 12.8 Å². The molecule has 0 radical (unpaired) electrons. The summed E-state index contributed by atoms with van der Waals surface area (Å²) in [5, 5.41) is 7.27. The first kappa shape index (κ1) is 18.7. The molecular formula is C20H19ClN4O2S. The average molecular weight is 415 g/mol. The van der Waals surface area contributed by atoms with E-state index in [1.54, 1.807) is 33.1 Å². The normalized spacial score (nSPS) is 15.0. The Bertz CT molecular complexity index is 990. The molecule has 28 heavy (non-hydrogen) atoms. The first-order chi connectivity index (χ1) is 13.5. The molecule has 6 nitrogen and oxygen atoms in total. The highest BCUT2D eigenvalue weighted by Gasteiger charge is 2.29. The number of aromatic nitrogens is 2. The number of hydrogen-bond acceptors (Lipinski definition) is 4. The highest BCUT2D eigenvalue weighted by molar-refractivity contribution is 7.13. The fourth-order valence-electron chi connectivity index (χ4n) is 3.39. The van der Waals surface area contributed by atoms with Crippen LogP contribution in [0.2, 0.25) is 5.02 Å². The van der Waals surface area contributed by atoms with E-state index in [9.17, 15) is 9.59 Å². The zero-order valence-corrected chi connectivity index (χ0v) is 16.6. The lowest BCUT2D eigenvalue weighted by Crippen LogP contribution is -2.42. The molecule has 2 N–H and O–H groups in total. The Labute approximate surface area is 171 Å². The Morgan fingerprint density at radius 2 is 1.86 bits per heavy atom. The first-order valence-corrected chi connectivity index (χ1v) is 10.3. The number of benzene rings is 1. The van der Waals surface area contributed by atoms with Crippen molar-refractivity contribution < 1.29 is 9.59 Å². The second kappa shape index (κ2) is 7.77. The van der Waals surface area contributed by atoms with Crippen molar-refractivity contribution in [2.75, 3.05) is 13.1 Å². The third kappa shape index (κ3) is 3.68. The van der Waals surface area contributed by atoms with E-state index in [0.717, 1.165) is 16.3 Å². The van der Waals surface area contributed by atoms with Crippen molar-refractivity contribution in [3.63, 3.8) is 0 Å². The number of nitrogens with zero attached hydrogens (tertiary/aromatic N) is 3. The second-order valence-electron chi connectivity index (χ2n) is 6.75. The van der Waals surface area contributed by atoms with E-state index in [1.807, 2.05) is 35.7 Å². The molecule has 0 saturated carbocycles. The maximum Gasteiger partial charge on any atom is 0.272 e. The maximum atomic E-state index is 13.2. The number of primary amides is 1. The van der Waals surface area contributed by atoms with Gasteiger partial charge in [0.05, 0.1) is 10.6 Å². The van der Waals surface area contributed by atoms with Crippen molar-refractivity contribution in [1.29, 1.82) is 0 Å². The van der Waals surface area contributed by atoms with Gasteiger partial charge in [-0.15, -0.1) is 11.3 Å². The summed E-state index contributed by atoms with van der Waals surface area (Å²) in [5.74, 6) is -0.557. The molecule has 0 aliphatic carbocycles. The van der Waals surface area contributed by atoms with Gasteiger partial charge in [0.15, 0.2) is 0 Å². The van der Waals surface area contributed by atoms with Gasteiger partial charge in [-0.2, -0.15) is 5.10 Å². The summed E-state index contributed by atoms with van der Waals surface area (Å²) in [6.07, 6.45) is 1.18. The number of carbonyl (C=O) groups is 2. The molecular weight excluding hydrogens is 396 g/mol. The molecule has 4 rings (SSSR count). The van der Waals surface area contributed by atoms with Gasteiger partial charge in [-0.1, -0.05) is 17.7 Å². The Morgan fingerprint density at radius 1 is 1.14 bits per heavy atom. The number of piperidine rings is 1. The van der Waals surface area contributed by atoms with Crippen LogP contribution in [0, 0.1) is 5.92 Å². The molecule has 0 unspecified atom stereocenters. The van der Waals surface area contributed by atoms with Crippen LogP contribution in [0.5, 0.6) is 0 Å². The molecule has 8 heteroatoms. The Balaban J connectivity index is 1.68. The molecule has 2 aromatic heterocycles. The number of hydrogen-bond donors (Lipinski definition) is 1. The third-order valence-corrected chi connectivity index (χ3v) is 6.10. The van der Waals surface area contributed by atoms with Gasteiger partial charge < -0.3 is 10.6 Å². The number of carbonyl (C=O) groups excluding carboxylic acids is 2. The molecule has 0 bridgehead atoms. The standard InChI is InChI=1S/C20H19ClN4O2S/c21-14-3-5-15(6-4-14)25-17(12-16(23-25)18-2-1-11-28-18)20(27)24-9-7-13(8-10-24)19(22)26/h1-6,11-13H,7-10H2,(H2,22,26). The van der Waals surface area contributed by atoms with Crippen LogP contribution in [-0.2, 0) is 4.79 Å². The number of thiophene rings is 1. The zero-order valence-electron chi connectivity index (χ0n) is 15.0. The number of nitrogens with two attached hydrogens (primary N) is 1. The van der Waals surface area contributed by atoms with E-state index in [2.05, 4.69) is 5.10 Å². The van der Waals surface area contributed by atoms with E-state index in [1.165, 1.54) is 0 Å². The summed E-state index contributed by atoms with van der Waals surface area (Å²) in [7, 11) is 0. The summed E-state index contributed by atoms with van der Waals surface area (Å²) in [4.78, 5) is 27.4. The molecule has 2 amide bonds. The molecule has 144 valence electrons. The maximum absolute atomic E-state index is 13.2. The average Bonchev–Trinajstić information content (AvgIpc) is 3.38. The predicted molar refractivity (Wildman–Crippen MR) is 110 cm³/mol. The van der Waals surface area contributed by atoms with E-state index in [4.69, 9.17) is 17.3 Å². The van der Waals surface area contributed by atoms with Crippen molar-refractivity contribution in [1.82, 2.24) is 14.7 Å². The minimum Gasteiger partial charge on any atom is -0.369 e. The van der Waals surface area contributed by atoms with Gasteiger partial charge in [0.25, 0.3) is 5.91 Å². The van der Waals surface area contributed by atoms with Crippen LogP contribution in [0.3, 0.4) is 0 Å². The van der Waals surface area contributed by atoms with E-state index >= 15 is 0 Å². The molecule has 3 aromatic rings. The van der Waals surface area contributed by atoms with Crippen molar-refractivity contribution in [3.05, 3.63) is 58.6 Å². The van der Waals surface area contributed by atoms with Crippen molar-refractivity contribution in [2.24, 2.45) is 11.7 Å². The summed E-state index contributed by atoms with van der Waals surface area (Å²) < 4.78 is 1.66. The van der Waals surface area contributed by atoms with Crippen LogP contribution >= 0.6 is 22.9 Å². The number of rotatable bonds is 4. The van der Waals surface area contributed by atoms with Gasteiger partial charge >= 0.3 is 0 Å². The van der Waals surface area contributed by atoms with Crippen LogP contribution in [0.1, 0.15) is 23.3 Å². The number of likely N-dealkylation sites (tertiary alicyclic amines) is 1. The molecule has 1 aliphatic rings. The summed E-state index contributed by atoms with van der Waals surface area (Å²) in [6.45, 7) is 1.01. The molecule has 1 saturated heterocycles. The Hall–Kier alpha value is -2.64. The Morgan fingerprint density at radius 3 is 2.46 bits per heavy atom. The van der Waals surface area contributed by atoms with Gasteiger partial charge in [0.2, 0.25) is 5.91 Å². The van der Waals surface area contributed by atoms with Crippen LogP contribution < -0.4 is 5.73 Å². The summed E-state index contributed by atoms with van der Waals surface area (Å²) in [5.41, 5.74) is 7.41. The number of halogens is 1. The van der Waals surface area contributed by atoms with Crippen LogP contribution in [-0.4, -0.2) is 39.6 Å². The van der Waals surface area contributed by atoms with Gasteiger partial charge in [-0.05, 0) is 54.6 Å². The first-order valence-electron chi connectivity index (χ1n) is 9.01. The monoisotopic (exact) mass is 414 g/mol. The molecule has 0 spiro atoms. The lowest BCUT2D eigenvalue weighted by molar-refractivity contribution is -0.123. The molecule has 0 atom stereocenters. The van der Waals surface area contributed by atoms with Crippen LogP contribution in [0.25, 0.3) is 16.3 Å². The molecule has 3 heterocycles. The minimum absolute atomic E-state index is 0.104. The molecule has 1 aromatic carbocycles. The van der Waals surface area contributed by atoms with Gasteiger partial charge in [0, 0.05) is 24.0 Å². The van der Waals surface area contributed by atoms with E-state index < -0.39 is 0 Å². The third-order valence-electron chi connectivity index (χ3n) is 4.96. The SMILES string of the molecule is NC(=O)C1CCN(C(=O)c2cc(-c3cccs3)nn2-c2ccc(Cl)cc2)CC1. The van der Waals surface area contributed by atoms with E-state index in [-0.39, 0.29) is 17.7 Å². The highest BCUT2D eigenvalue weighted by Crippen LogP contribution is 2.28. The fraction of sp³-hybridized carbons (Fsp3) is 0.250. The Kier molecular flexibility index (Phi) is 5.19. The van der Waals surface area contributed by atoms with Crippen molar-refractivity contribution >= 4 is 34.8 Å². The second-order valence-corrected chi connectivity index (χ2v) is 8.13. The predicted octanol–water partition coefficient (Wildman–Crippen LogP) is 3.59. The van der Waals surface area contributed by atoms with Gasteiger partial charge in [-0.3, -0.25) is 9.59 Å². The van der Waals surface area contributed by atoms with Crippen LogP contribution in [0.4, 0.5) is 0 Å². The number of amides is 2. The highest BCUT2D eigenvalue weighted by atomic mass is 35.5. The smallest absolute Gasteiger partial charge is 0.272 e. The van der Waals surface area contributed by atoms with E-state index in [0.29, 0.717) is 36.6 Å². The lowest BCUT2D eigenvalue weighted by atomic mass is 9.96. The fourth-order valence-corrected chi connectivity index (χ4v) is 4.19. The van der Waals surface area contributed by atoms with Crippen LogP contribution in [0.15, 0.2) is 47.8 Å². The van der Waals surface area contributed by atoms with Crippen molar-refractivity contribution in [3.8, 4) is 16.3 Å². The topological polar surface area (TPSA) is 81.2 Å². The quantitative estimate of drug-likeness (QED) is 0.708. The van der Waals surface area contributed by atoms with Gasteiger partial charge in [0.1, 0.15) is 11.4 Å². The largest absolute Gasteiger partial charge is 0.369 e. The minimum atomic E-state index is -0.293.